The molecule has 0 aliphatic heterocycles. The molecule has 2 rings (SSSR count). The normalized spacial score (nSPS) is 9.93. The highest BCUT2D eigenvalue weighted by Gasteiger charge is 1.99. The number of nitrogens with zero attached hydrogens (tertiary/aromatic N) is 3. The van der Waals surface area contributed by atoms with Crippen LogP contribution in [0, 0.1) is 0 Å². The van der Waals surface area contributed by atoms with Gasteiger partial charge in [-0.1, -0.05) is 11.8 Å². The van der Waals surface area contributed by atoms with Crippen LogP contribution in [0.2, 0.25) is 0 Å². The monoisotopic (exact) mass is 218 g/mol. The predicted octanol–water partition coefficient (Wildman–Crippen LogP) is 2.06. The molecule has 2 aromatic rings. The zero-order valence-corrected chi connectivity index (χ0v) is 9.03. The van der Waals surface area contributed by atoms with Crippen molar-refractivity contribution < 1.29 is 0 Å². The number of hydrogen-bond donors (Lipinski definition) is 1. The van der Waals surface area contributed by atoms with Gasteiger partial charge in [0.05, 0.1) is 0 Å². The first-order valence-corrected chi connectivity index (χ1v) is 5.28. The van der Waals surface area contributed by atoms with Crippen LogP contribution in [0.4, 0.5) is 5.82 Å². The van der Waals surface area contributed by atoms with Crippen molar-refractivity contribution in [1.82, 2.24) is 15.0 Å². The van der Waals surface area contributed by atoms with E-state index in [1.807, 2.05) is 25.2 Å². The lowest BCUT2D eigenvalue weighted by molar-refractivity contribution is 1.05. The molecule has 2 aromatic heterocycles. The number of aromatic nitrogens is 3. The van der Waals surface area contributed by atoms with E-state index >= 15 is 0 Å². The van der Waals surface area contributed by atoms with Crippen LogP contribution in [0.5, 0.6) is 0 Å². The van der Waals surface area contributed by atoms with Crippen molar-refractivity contribution in [2.45, 2.75) is 9.92 Å². The summed E-state index contributed by atoms with van der Waals surface area (Å²) in [6.45, 7) is 0. The Hall–Kier alpha value is -1.62. The second-order valence-electron chi connectivity index (χ2n) is 2.78. The van der Waals surface area contributed by atoms with Crippen LogP contribution in [0.1, 0.15) is 0 Å². The summed E-state index contributed by atoms with van der Waals surface area (Å²) in [5.41, 5.74) is 0. The Labute approximate surface area is 92.2 Å². The van der Waals surface area contributed by atoms with Gasteiger partial charge < -0.3 is 5.32 Å². The highest BCUT2D eigenvalue weighted by Crippen LogP contribution is 2.26. The Balaban J connectivity index is 2.17. The van der Waals surface area contributed by atoms with Crippen molar-refractivity contribution in [2.75, 3.05) is 12.4 Å². The third-order valence-electron chi connectivity index (χ3n) is 1.76. The van der Waals surface area contributed by atoms with E-state index in [0.717, 1.165) is 15.7 Å². The van der Waals surface area contributed by atoms with Gasteiger partial charge in [-0.3, -0.25) is 0 Å². The lowest BCUT2D eigenvalue weighted by Gasteiger charge is -2.02. The Morgan fingerprint density at radius 2 is 2.13 bits per heavy atom. The molecule has 0 unspecified atom stereocenters. The van der Waals surface area contributed by atoms with Crippen LogP contribution in [-0.4, -0.2) is 22.0 Å². The summed E-state index contributed by atoms with van der Waals surface area (Å²) in [5, 5.41) is 3.92. The van der Waals surface area contributed by atoms with Crippen LogP contribution in [0.3, 0.4) is 0 Å². The van der Waals surface area contributed by atoms with Gasteiger partial charge in [-0.2, -0.15) is 0 Å². The van der Waals surface area contributed by atoms with Gasteiger partial charge in [0.2, 0.25) is 0 Å². The number of hydrogen-bond acceptors (Lipinski definition) is 5. The summed E-state index contributed by atoms with van der Waals surface area (Å²) in [6, 6.07) is 5.81. The summed E-state index contributed by atoms with van der Waals surface area (Å²) in [7, 11) is 1.85. The first kappa shape index (κ1) is 9.92. The van der Waals surface area contributed by atoms with E-state index < -0.39 is 0 Å². The Morgan fingerprint density at radius 3 is 2.87 bits per heavy atom. The topological polar surface area (TPSA) is 50.7 Å². The molecule has 0 bridgehead atoms. The molecule has 0 saturated carbocycles. The fourth-order valence-electron chi connectivity index (χ4n) is 1.07. The minimum Gasteiger partial charge on any atom is -0.373 e. The maximum atomic E-state index is 4.14. The third kappa shape index (κ3) is 2.66. The summed E-state index contributed by atoms with van der Waals surface area (Å²) >= 11 is 1.59. The van der Waals surface area contributed by atoms with Gasteiger partial charge in [0, 0.05) is 24.3 Å². The first-order valence-electron chi connectivity index (χ1n) is 4.46. The average molecular weight is 218 g/mol. The quantitative estimate of drug-likeness (QED) is 0.799. The molecule has 1 N–H and O–H groups in total. The smallest absolute Gasteiger partial charge is 0.126 e. The Morgan fingerprint density at radius 1 is 1.20 bits per heavy atom. The maximum Gasteiger partial charge on any atom is 0.126 e. The summed E-state index contributed by atoms with van der Waals surface area (Å²) < 4.78 is 0. The molecule has 15 heavy (non-hydrogen) atoms. The second kappa shape index (κ2) is 4.75. The number of nitrogens with one attached hydrogen (secondary N) is 1. The molecule has 0 atom stereocenters. The zero-order valence-electron chi connectivity index (χ0n) is 8.21. The lowest BCUT2D eigenvalue weighted by Crippen LogP contribution is -1.91. The lowest BCUT2D eigenvalue weighted by atomic mass is 10.5. The molecule has 5 heteroatoms. The maximum absolute atomic E-state index is 4.14. The Kier molecular flexibility index (Phi) is 3.14. The Bertz CT molecular complexity index is 432. The van der Waals surface area contributed by atoms with Gasteiger partial charge in [0.1, 0.15) is 17.2 Å². The van der Waals surface area contributed by atoms with E-state index in [1.165, 1.54) is 0 Å². The van der Waals surface area contributed by atoms with Crippen LogP contribution in [-0.2, 0) is 0 Å². The van der Waals surface area contributed by atoms with Crippen LogP contribution in [0.25, 0.3) is 0 Å². The number of anilines is 1. The minimum absolute atomic E-state index is 0.856. The van der Waals surface area contributed by atoms with Crippen molar-refractivity contribution in [3.63, 3.8) is 0 Å². The van der Waals surface area contributed by atoms with Gasteiger partial charge in [-0.25, -0.2) is 15.0 Å². The highest BCUT2D eigenvalue weighted by molar-refractivity contribution is 7.99. The van der Waals surface area contributed by atoms with Crippen molar-refractivity contribution in [1.29, 1.82) is 0 Å². The molecule has 0 aliphatic carbocycles. The molecule has 76 valence electrons. The van der Waals surface area contributed by atoms with E-state index in [-0.39, 0.29) is 0 Å². The van der Waals surface area contributed by atoms with Gasteiger partial charge in [-0.15, -0.1) is 0 Å². The van der Waals surface area contributed by atoms with Crippen molar-refractivity contribution in [2.24, 2.45) is 0 Å². The number of pyridine rings is 1. The molecule has 0 amide bonds. The van der Waals surface area contributed by atoms with E-state index in [0.29, 0.717) is 0 Å². The van der Waals surface area contributed by atoms with Gasteiger partial charge in [0.15, 0.2) is 0 Å². The molecule has 0 saturated heterocycles. The summed E-state index contributed by atoms with van der Waals surface area (Å²) in [4.78, 5) is 13.3. The van der Waals surface area contributed by atoms with Crippen LogP contribution in [0.15, 0.2) is 46.8 Å². The van der Waals surface area contributed by atoms with E-state index in [9.17, 15) is 0 Å². The zero-order chi connectivity index (χ0) is 10.5. The van der Waals surface area contributed by atoms with Crippen molar-refractivity contribution in [3.05, 3.63) is 36.9 Å². The van der Waals surface area contributed by atoms with Crippen LogP contribution >= 0.6 is 11.8 Å². The average Bonchev–Trinajstić information content (AvgIpc) is 2.31. The molecular weight excluding hydrogens is 208 g/mol. The predicted molar refractivity (Wildman–Crippen MR) is 59.9 cm³/mol. The van der Waals surface area contributed by atoms with E-state index in [4.69, 9.17) is 0 Å². The fraction of sp³-hybridized carbons (Fsp3) is 0.100. The standard InChI is InChI=1S/C10H10N4S/c1-11-9-6-8(2-5-13-9)15-10-3-4-12-7-14-10/h2-7H,1H3,(H,11,13). The van der Waals surface area contributed by atoms with Gasteiger partial charge in [-0.05, 0) is 18.2 Å². The first-order chi connectivity index (χ1) is 7.38. The fourth-order valence-corrected chi connectivity index (χ4v) is 1.84. The molecule has 4 nitrogen and oxygen atoms in total. The molecule has 0 fully saturated rings. The van der Waals surface area contributed by atoms with E-state index in [2.05, 4.69) is 20.3 Å². The molecule has 2 heterocycles. The SMILES string of the molecule is CNc1cc(Sc2ccncn2)ccn1. The van der Waals surface area contributed by atoms with Crippen molar-refractivity contribution >= 4 is 17.6 Å². The molecule has 0 aliphatic rings. The summed E-state index contributed by atoms with van der Waals surface area (Å²) in [5.74, 6) is 0.856. The molecule has 0 aromatic carbocycles. The molecule has 0 spiro atoms. The minimum atomic E-state index is 0.856. The molecule has 0 radical (unpaired) electrons. The van der Waals surface area contributed by atoms with Gasteiger partial charge in [0.25, 0.3) is 0 Å². The van der Waals surface area contributed by atoms with E-state index in [1.54, 1.807) is 30.5 Å². The largest absolute Gasteiger partial charge is 0.373 e. The highest BCUT2D eigenvalue weighted by atomic mass is 32.2. The second-order valence-corrected chi connectivity index (χ2v) is 3.87. The van der Waals surface area contributed by atoms with Crippen LogP contribution < -0.4 is 5.32 Å². The molecular formula is C10H10N4S. The summed E-state index contributed by atoms with van der Waals surface area (Å²) in [6.07, 6.45) is 5.05. The van der Waals surface area contributed by atoms with Crippen molar-refractivity contribution in [3.8, 4) is 0 Å². The van der Waals surface area contributed by atoms with Gasteiger partial charge >= 0.3 is 0 Å². The third-order valence-corrected chi connectivity index (χ3v) is 2.71. The number of rotatable bonds is 3.